The Morgan fingerprint density at radius 1 is 1.10 bits per heavy atom. The van der Waals surface area contributed by atoms with Crippen LogP contribution in [0.5, 0.6) is 5.75 Å². The van der Waals surface area contributed by atoms with Gasteiger partial charge in [-0.2, -0.15) is 0 Å². The molecule has 1 saturated carbocycles. The van der Waals surface area contributed by atoms with Gasteiger partial charge in [0.05, 0.1) is 25.9 Å². The molecule has 1 aromatic heterocycles. The summed E-state index contributed by atoms with van der Waals surface area (Å²) in [4.78, 5) is 26.5. The van der Waals surface area contributed by atoms with Crippen LogP contribution in [0.25, 0.3) is 21.7 Å². The van der Waals surface area contributed by atoms with E-state index in [9.17, 15) is 9.59 Å². The number of morpholine rings is 1. The topological polar surface area (TPSA) is 69.0 Å². The molecule has 156 valence electrons. The monoisotopic (exact) mass is 407 g/mol. The fourth-order valence-electron chi connectivity index (χ4n) is 4.53. The average Bonchev–Trinajstić information content (AvgIpc) is 3.19. The first kappa shape index (κ1) is 19.3. The SMILES string of the molecule is O=C1CCC(c2coc3ccc4cc(OCCN5CCOCC5)ccc4c23)C(=O)C1. The Morgan fingerprint density at radius 2 is 1.97 bits per heavy atom. The Balaban J connectivity index is 1.39. The molecule has 2 fully saturated rings. The number of hydrogen-bond donors (Lipinski definition) is 0. The lowest BCUT2D eigenvalue weighted by atomic mass is 9.81. The third-order valence-corrected chi connectivity index (χ3v) is 6.18. The van der Waals surface area contributed by atoms with E-state index in [1.807, 2.05) is 30.3 Å². The molecule has 3 aromatic rings. The first-order valence-corrected chi connectivity index (χ1v) is 10.6. The molecule has 1 atom stereocenters. The second kappa shape index (κ2) is 8.20. The quantitative estimate of drug-likeness (QED) is 0.601. The number of carbonyl (C=O) groups is 2. The summed E-state index contributed by atoms with van der Waals surface area (Å²) >= 11 is 0. The molecule has 1 unspecified atom stereocenters. The molecule has 5 rings (SSSR count). The second-order valence-electron chi connectivity index (χ2n) is 8.09. The van der Waals surface area contributed by atoms with Crippen molar-refractivity contribution in [3.63, 3.8) is 0 Å². The lowest BCUT2D eigenvalue weighted by molar-refractivity contribution is -0.130. The van der Waals surface area contributed by atoms with Crippen molar-refractivity contribution in [3.8, 4) is 5.75 Å². The molecular formula is C24H25NO5. The molecular weight excluding hydrogens is 382 g/mol. The Hall–Kier alpha value is -2.70. The maximum atomic E-state index is 12.5. The molecule has 0 radical (unpaired) electrons. The maximum absolute atomic E-state index is 12.5. The molecule has 1 saturated heterocycles. The van der Waals surface area contributed by atoms with Gasteiger partial charge in [-0.25, -0.2) is 0 Å². The molecule has 0 N–H and O–H groups in total. The zero-order chi connectivity index (χ0) is 20.5. The standard InChI is InChI=1S/C24H25NO5/c26-17-2-4-20(22(27)14-17)21-15-30-23-6-1-16-13-18(3-5-19(16)24(21)23)29-12-9-25-7-10-28-11-8-25/h1,3,5-6,13,15,20H,2,4,7-12,14H2. The third-order valence-electron chi connectivity index (χ3n) is 6.18. The number of Topliss-reactive ketones (excluding diaryl/α,β-unsaturated/α-hetero) is 2. The van der Waals surface area contributed by atoms with E-state index in [2.05, 4.69) is 4.90 Å². The number of carbonyl (C=O) groups excluding carboxylic acids is 2. The molecule has 2 heterocycles. The Kier molecular flexibility index (Phi) is 5.27. The molecule has 30 heavy (non-hydrogen) atoms. The zero-order valence-corrected chi connectivity index (χ0v) is 16.9. The summed E-state index contributed by atoms with van der Waals surface area (Å²) in [5.41, 5.74) is 1.66. The zero-order valence-electron chi connectivity index (χ0n) is 16.9. The fourth-order valence-corrected chi connectivity index (χ4v) is 4.53. The Bertz CT molecular complexity index is 1100. The van der Waals surface area contributed by atoms with E-state index in [4.69, 9.17) is 13.9 Å². The van der Waals surface area contributed by atoms with Crippen molar-refractivity contribution in [1.82, 2.24) is 4.90 Å². The minimum Gasteiger partial charge on any atom is -0.492 e. The maximum Gasteiger partial charge on any atom is 0.147 e. The largest absolute Gasteiger partial charge is 0.492 e. The van der Waals surface area contributed by atoms with Crippen LogP contribution < -0.4 is 4.74 Å². The van der Waals surface area contributed by atoms with Gasteiger partial charge in [0.15, 0.2) is 0 Å². The predicted molar refractivity (Wildman–Crippen MR) is 113 cm³/mol. The van der Waals surface area contributed by atoms with Crippen molar-refractivity contribution in [2.45, 2.75) is 25.2 Å². The average molecular weight is 407 g/mol. The van der Waals surface area contributed by atoms with Gasteiger partial charge < -0.3 is 13.9 Å². The first-order chi connectivity index (χ1) is 14.7. The minimum atomic E-state index is -0.265. The van der Waals surface area contributed by atoms with Crippen molar-refractivity contribution in [1.29, 1.82) is 0 Å². The molecule has 2 aromatic carbocycles. The van der Waals surface area contributed by atoms with Crippen LogP contribution in [0.3, 0.4) is 0 Å². The van der Waals surface area contributed by atoms with Crippen molar-refractivity contribution < 1.29 is 23.5 Å². The van der Waals surface area contributed by atoms with Crippen LogP contribution in [0, 0.1) is 0 Å². The van der Waals surface area contributed by atoms with Crippen LogP contribution in [0.15, 0.2) is 41.0 Å². The van der Waals surface area contributed by atoms with Crippen molar-refractivity contribution >= 4 is 33.3 Å². The van der Waals surface area contributed by atoms with Gasteiger partial charge in [-0.05, 0) is 41.5 Å². The number of fused-ring (bicyclic) bond motifs is 3. The van der Waals surface area contributed by atoms with Crippen LogP contribution in [0.4, 0.5) is 0 Å². The lowest BCUT2D eigenvalue weighted by Crippen LogP contribution is -2.38. The summed E-state index contributed by atoms with van der Waals surface area (Å²) in [5, 5.41) is 3.06. The highest BCUT2D eigenvalue weighted by Crippen LogP contribution is 2.38. The van der Waals surface area contributed by atoms with Crippen molar-refractivity contribution in [2.24, 2.45) is 0 Å². The van der Waals surface area contributed by atoms with E-state index in [1.54, 1.807) is 6.26 Å². The molecule has 1 aliphatic heterocycles. The van der Waals surface area contributed by atoms with Crippen LogP contribution >= 0.6 is 0 Å². The van der Waals surface area contributed by atoms with Crippen LogP contribution in [0.2, 0.25) is 0 Å². The Labute approximate surface area is 174 Å². The van der Waals surface area contributed by atoms with Crippen molar-refractivity contribution in [2.75, 3.05) is 39.5 Å². The molecule has 0 spiro atoms. The van der Waals surface area contributed by atoms with E-state index in [1.165, 1.54) is 0 Å². The summed E-state index contributed by atoms with van der Waals surface area (Å²) < 4.78 is 17.1. The van der Waals surface area contributed by atoms with Gasteiger partial charge in [0.2, 0.25) is 0 Å². The summed E-state index contributed by atoms with van der Waals surface area (Å²) in [5.74, 6) is 0.597. The molecule has 6 nitrogen and oxygen atoms in total. The summed E-state index contributed by atoms with van der Waals surface area (Å²) in [6, 6.07) is 10.0. The predicted octanol–water partition coefficient (Wildman–Crippen LogP) is 3.70. The highest BCUT2D eigenvalue weighted by Gasteiger charge is 2.31. The molecule has 2 aliphatic rings. The van der Waals surface area contributed by atoms with Gasteiger partial charge >= 0.3 is 0 Å². The van der Waals surface area contributed by atoms with E-state index in [-0.39, 0.29) is 23.9 Å². The summed E-state index contributed by atoms with van der Waals surface area (Å²) in [6.07, 6.45) is 2.73. The number of hydrogen-bond acceptors (Lipinski definition) is 6. The van der Waals surface area contributed by atoms with E-state index >= 15 is 0 Å². The highest BCUT2D eigenvalue weighted by molar-refractivity contribution is 6.11. The van der Waals surface area contributed by atoms with Crippen LogP contribution in [-0.2, 0) is 14.3 Å². The van der Waals surface area contributed by atoms with Crippen LogP contribution in [0.1, 0.15) is 30.7 Å². The number of furan rings is 1. The van der Waals surface area contributed by atoms with Gasteiger partial charge in [0, 0.05) is 42.9 Å². The van der Waals surface area contributed by atoms with E-state index in [0.29, 0.717) is 19.4 Å². The lowest BCUT2D eigenvalue weighted by Gasteiger charge is -2.26. The van der Waals surface area contributed by atoms with Crippen molar-refractivity contribution in [3.05, 3.63) is 42.2 Å². The van der Waals surface area contributed by atoms with E-state index < -0.39 is 0 Å². The van der Waals surface area contributed by atoms with Crippen LogP contribution in [-0.4, -0.2) is 55.9 Å². The Morgan fingerprint density at radius 3 is 2.80 bits per heavy atom. The molecule has 0 bridgehead atoms. The van der Waals surface area contributed by atoms with E-state index in [0.717, 1.165) is 65.9 Å². The van der Waals surface area contributed by atoms with Gasteiger partial charge in [0.1, 0.15) is 29.5 Å². The molecule has 1 aliphatic carbocycles. The second-order valence-corrected chi connectivity index (χ2v) is 8.09. The summed E-state index contributed by atoms with van der Waals surface area (Å²) in [6.45, 7) is 5.00. The normalized spacial score (nSPS) is 20.9. The number of ketones is 2. The first-order valence-electron chi connectivity index (χ1n) is 10.6. The van der Waals surface area contributed by atoms with Gasteiger partial charge in [-0.3, -0.25) is 14.5 Å². The summed E-state index contributed by atoms with van der Waals surface area (Å²) in [7, 11) is 0. The minimum absolute atomic E-state index is 0.00554. The van der Waals surface area contributed by atoms with Gasteiger partial charge in [-0.15, -0.1) is 0 Å². The number of nitrogens with zero attached hydrogens (tertiary/aromatic N) is 1. The highest BCUT2D eigenvalue weighted by atomic mass is 16.5. The number of ether oxygens (including phenoxy) is 2. The van der Waals surface area contributed by atoms with Gasteiger partial charge in [0.25, 0.3) is 0 Å². The smallest absolute Gasteiger partial charge is 0.147 e. The number of rotatable bonds is 5. The molecule has 0 amide bonds. The number of benzene rings is 2. The fraction of sp³-hybridized carbons (Fsp3) is 0.417. The van der Waals surface area contributed by atoms with Gasteiger partial charge in [-0.1, -0.05) is 6.07 Å². The third kappa shape index (κ3) is 3.73. The molecule has 6 heteroatoms.